The van der Waals surface area contributed by atoms with Gasteiger partial charge in [-0.15, -0.1) is 0 Å². The van der Waals surface area contributed by atoms with Crippen LogP contribution >= 0.6 is 11.6 Å². The number of fused-ring (bicyclic) bond motifs is 2. The number of pyridine rings is 1. The van der Waals surface area contributed by atoms with Crippen LogP contribution in [0.2, 0.25) is 5.02 Å². The molecule has 7 nitrogen and oxygen atoms in total. The number of benzene rings is 2. The number of anilines is 1. The second kappa shape index (κ2) is 8.16. The maximum absolute atomic E-state index is 13.0. The molecule has 0 aliphatic heterocycles. The van der Waals surface area contributed by atoms with Crippen molar-refractivity contribution < 1.29 is 9.13 Å². The van der Waals surface area contributed by atoms with Crippen molar-refractivity contribution in [2.75, 3.05) is 12.2 Å². The van der Waals surface area contributed by atoms with Crippen molar-refractivity contribution in [1.29, 1.82) is 0 Å². The number of rotatable bonds is 6. The van der Waals surface area contributed by atoms with Gasteiger partial charge in [0.15, 0.2) is 11.5 Å². The van der Waals surface area contributed by atoms with Crippen LogP contribution < -0.4 is 10.1 Å². The topological polar surface area (TPSA) is 88.6 Å². The summed E-state index contributed by atoms with van der Waals surface area (Å²) in [5.74, 6) is 0.999. The highest BCUT2D eigenvalue weighted by Gasteiger charge is 2.16. The number of alkyl halides is 1. The fourth-order valence-corrected chi connectivity index (χ4v) is 3.72. The van der Waals surface area contributed by atoms with Crippen LogP contribution in [0.1, 0.15) is 5.56 Å². The lowest BCUT2D eigenvalue weighted by Crippen LogP contribution is -2.06. The van der Waals surface area contributed by atoms with E-state index in [0.717, 1.165) is 10.9 Å². The summed E-state index contributed by atoms with van der Waals surface area (Å²) in [6.07, 6.45) is 3.03. The molecule has 0 aliphatic carbocycles. The molecule has 0 saturated heterocycles. The van der Waals surface area contributed by atoms with Gasteiger partial charge < -0.3 is 15.0 Å². The van der Waals surface area contributed by atoms with Crippen molar-refractivity contribution in [3.63, 3.8) is 0 Å². The highest BCUT2D eigenvalue weighted by molar-refractivity contribution is 6.35. The Balaban J connectivity index is 1.63. The van der Waals surface area contributed by atoms with Gasteiger partial charge in [0.25, 0.3) is 0 Å². The summed E-state index contributed by atoms with van der Waals surface area (Å²) in [6, 6.07) is 14.8. The number of aromatic amines is 1. The minimum atomic E-state index is -0.934. The standard InChI is InChI=1S/C22H16ClFN6O/c23-16-6-3-4-13-8-14(9-25-21-20-22(27-11-26-20)29-12-28-21)18(30-19(13)16)15-5-1-2-7-17(15)31-10-24/h1-8,11-12H,9-10H2,(H2,25,26,27,28,29). The first-order valence-electron chi connectivity index (χ1n) is 9.49. The molecule has 0 fully saturated rings. The number of hydrogen-bond donors (Lipinski definition) is 2. The molecule has 2 N–H and O–H groups in total. The van der Waals surface area contributed by atoms with Crippen LogP contribution in [-0.4, -0.2) is 31.8 Å². The molecule has 0 radical (unpaired) electrons. The number of nitrogens with zero attached hydrogens (tertiary/aromatic N) is 4. The summed E-state index contributed by atoms with van der Waals surface area (Å²) in [7, 11) is 0. The van der Waals surface area contributed by atoms with Gasteiger partial charge in [-0.2, -0.15) is 0 Å². The van der Waals surface area contributed by atoms with E-state index in [2.05, 4.69) is 25.3 Å². The van der Waals surface area contributed by atoms with E-state index in [4.69, 9.17) is 21.3 Å². The third-order valence-electron chi connectivity index (χ3n) is 4.89. The number of hydrogen-bond acceptors (Lipinski definition) is 6. The Bertz CT molecular complexity index is 1390. The molecule has 3 aromatic heterocycles. The molecule has 9 heteroatoms. The van der Waals surface area contributed by atoms with Gasteiger partial charge in [0.1, 0.15) is 17.6 Å². The van der Waals surface area contributed by atoms with Crippen molar-refractivity contribution in [2.24, 2.45) is 0 Å². The first-order valence-corrected chi connectivity index (χ1v) is 9.86. The van der Waals surface area contributed by atoms with Crippen molar-refractivity contribution in [1.82, 2.24) is 24.9 Å². The van der Waals surface area contributed by atoms with Gasteiger partial charge >= 0.3 is 0 Å². The molecular formula is C22H16ClFN6O. The highest BCUT2D eigenvalue weighted by Crippen LogP contribution is 2.35. The van der Waals surface area contributed by atoms with Gasteiger partial charge in [0.05, 0.1) is 22.6 Å². The lowest BCUT2D eigenvalue weighted by atomic mass is 10.0. The fraction of sp³-hybridized carbons (Fsp3) is 0.0909. The number of nitrogens with one attached hydrogen (secondary N) is 2. The Hall–Kier alpha value is -3.78. The minimum absolute atomic E-state index is 0.397. The van der Waals surface area contributed by atoms with Crippen LogP contribution in [0.25, 0.3) is 33.3 Å². The number of aromatic nitrogens is 5. The average molecular weight is 435 g/mol. The van der Waals surface area contributed by atoms with Gasteiger partial charge in [-0.25, -0.2) is 24.3 Å². The predicted octanol–water partition coefficient (Wildman–Crippen LogP) is 5.14. The Labute approximate surface area is 181 Å². The van der Waals surface area contributed by atoms with Gasteiger partial charge in [-0.1, -0.05) is 35.9 Å². The first-order chi connectivity index (χ1) is 15.2. The van der Waals surface area contributed by atoms with Gasteiger partial charge in [-0.05, 0) is 29.8 Å². The number of halogens is 2. The second-order valence-corrected chi connectivity index (χ2v) is 7.14. The smallest absolute Gasteiger partial charge is 0.228 e. The molecule has 5 aromatic rings. The molecule has 0 amide bonds. The minimum Gasteiger partial charge on any atom is -0.462 e. The lowest BCUT2D eigenvalue weighted by Gasteiger charge is -2.15. The first kappa shape index (κ1) is 19.2. The van der Waals surface area contributed by atoms with Crippen molar-refractivity contribution in [3.05, 3.63) is 71.8 Å². The molecule has 0 aliphatic rings. The Morgan fingerprint density at radius 2 is 1.94 bits per heavy atom. The monoisotopic (exact) mass is 434 g/mol. The Morgan fingerprint density at radius 1 is 1.03 bits per heavy atom. The zero-order valence-corrected chi connectivity index (χ0v) is 16.9. The van der Waals surface area contributed by atoms with Crippen molar-refractivity contribution in [3.8, 4) is 17.0 Å². The molecule has 154 valence electrons. The number of para-hydroxylation sites is 2. The third-order valence-corrected chi connectivity index (χ3v) is 5.20. The van der Waals surface area contributed by atoms with E-state index in [1.54, 1.807) is 24.5 Å². The van der Waals surface area contributed by atoms with Crippen molar-refractivity contribution in [2.45, 2.75) is 6.54 Å². The van der Waals surface area contributed by atoms with E-state index in [1.165, 1.54) is 6.33 Å². The summed E-state index contributed by atoms with van der Waals surface area (Å²) in [6.45, 7) is -0.537. The summed E-state index contributed by atoms with van der Waals surface area (Å²) in [4.78, 5) is 20.5. The van der Waals surface area contributed by atoms with E-state index in [1.807, 2.05) is 30.3 Å². The molecule has 2 aromatic carbocycles. The normalized spacial score (nSPS) is 11.2. The Kier molecular flexibility index (Phi) is 5.05. The lowest BCUT2D eigenvalue weighted by molar-refractivity contribution is 0.192. The number of H-pyrrole nitrogens is 1. The maximum Gasteiger partial charge on any atom is 0.228 e. The molecule has 3 heterocycles. The molecule has 0 saturated carbocycles. The van der Waals surface area contributed by atoms with Crippen LogP contribution in [0.5, 0.6) is 5.75 Å². The summed E-state index contributed by atoms with van der Waals surface area (Å²) < 4.78 is 18.2. The van der Waals surface area contributed by atoms with Gasteiger partial charge in [0.2, 0.25) is 6.86 Å². The van der Waals surface area contributed by atoms with E-state index in [0.29, 0.717) is 51.1 Å². The molecular weight excluding hydrogens is 419 g/mol. The predicted molar refractivity (Wildman–Crippen MR) is 118 cm³/mol. The Morgan fingerprint density at radius 3 is 2.84 bits per heavy atom. The van der Waals surface area contributed by atoms with Gasteiger partial charge in [-0.3, -0.25) is 0 Å². The largest absolute Gasteiger partial charge is 0.462 e. The fourth-order valence-electron chi connectivity index (χ4n) is 3.49. The van der Waals surface area contributed by atoms with Crippen LogP contribution in [0.4, 0.5) is 10.2 Å². The number of ether oxygens (including phenoxy) is 1. The average Bonchev–Trinajstić information content (AvgIpc) is 3.28. The second-order valence-electron chi connectivity index (χ2n) is 6.73. The molecule has 0 bridgehead atoms. The van der Waals surface area contributed by atoms with Crippen molar-refractivity contribution >= 4 is 39.5 Å². The van der Waals surface area contributed by atoms with Crippen LogP contribution in [0.3, 0.4) is 0 Å². The van der Waals surface area contributed by atoms with E-state index < -0.39 is 6.86 Å². The van der Waals surface area contributed by atoms with E-state index >= 15 is 0 Å². The zero-order chi connectivity index (χ0) is 21.2. The summed E-state index contributed by atoms with van der Waals surface area (Å²) in [5, 5.41) is 4.74. The van der Waals surface area contributed by atoms with Crippen LogP contribution in [-0.2, 0) is 6.54 Å². The van der Waals surface area contributed by atoms with Gasteiger partial charge in [0, 0.05) is 17.5 Å². The molecule has 0 atom stereocenters. The SMILES string of the molecule is FCOc1ccccc1-c1nc2c(Cl)cccc2cc1CNc1ncnc2[nH]cnc12. The van der Waals surface area contributed by atoms with Crippen LogP contribution in [0, 0.1) is 0 Å². The molecule has 5 rings (SSSR count). The third kappa shape index (κ3) is 3.62. The summed E-state index contributed by atoms with van der Waals surface area (Å²) >= 11 is 6.40. The summed E-state index contributed by atoms with van der Waals surface area (Å²) in [5.41, 5.74) is 4.13. The quantitative estimate of drug-likeness (QED) is 0.384. The molecule has 0 unspecified atom stereocenters. The number of imidazole rings is 1. The maximum atomic E-state index is 13.0. The zero-order valence-electron chi connectivity index (χ0n) is 16.1. The van der Waals surface area contributed by atoms with E-state index in [9.17, 15) is 4.39 Å². The van der Waals surface area contributed by atoms with Crippen LogP contribution in [0.15, 0.2) is 61.2 Å². The highest BCUT2D eigenvalue weighted by atomic mass is 35.5. The van der Waals surface area contributed by atoms with E-state index in [-0.39, 0.29) is 0 Å². The molecule has 0 spiro atoms. The molecule has 31 heavy (non-hydrogen) atoms.